The van der Waals surface area contributed by atoms with E-state index < -0.39 is 9.84 Å². The van der Waals surface area contributed by atoms with Crippen LogP contribution in [-0.4, -0.2) is 25.5 Å². The Morgan fingerprint density at radius 2 is 1.81 bits per heavy atom. The number of nitrogens with two attached hydrogens (primary N) is 1. The van der Waals surface area contributed by atoms with Crippen molar-refractivity contribution in [2.45, 2.75) is 58.2 Å². The molecule has 0 heterocycles. The monoisotopic (exact) mass is 247 g/mol. The molecule has 0 amide bonds. The third-order valence-corrected chi connectivity index (χ3v) is 6.20. The van der Waals surface area contributed by atoms with Gasteiger partial charge in [0.25, 0.3) is 0 Å². The summed E-state index contributed by atoms with van der Waals surface area (Å²) in [6.45, 7) is 8.27. The van der Waals surface area contributed by atoms with Crippen molar-refractivity contribution in [2.75, 3.05) is 5.75 Å². The van der Waals surface area contributed by atoms with Crippen LogP contribution in [0.5, 0.6) is 0 Å². The fraction of sp³-hybridized carbons (Fsp3) is 1.00. The Hall–Kier alpha value is -0.0900. The molecule has 1 aliphatic carbocycles. The predicted octanol–water partition coefficient (Wildman–Crippen LogP) is 1.96. The van der Waals surface area contributed by atoms with E-state index in [0.717, 1.165) is 19.3 Å². The van der Waals surface area contributed by atoms with Crippen LogP contribution >= 0.6 is 0 Å². The van der Waals surface area contributed by atoms with Gasteiger partial charge in [-0.1, -0.05) is 27.7 Å². The third kappa shape index (κ3) is 2.98. The van der Waals surface area contributed by atoms with Gasteiger partial charge in [-0.15, -0.1) is 0 Å². The second-order valence-corrected chi connectivity index (χ2v) is 8.54. The van der Waals surface area contributed by atoms with Crippen LogP contribution < -0.4 is 5.73 Å². The first-order chi connectivity index (χ1) is 7.18. The molecule has 0 aromatic heterocycles. The molecule has 3 unspecified atom stereocenters. The zero-order valence-corrected chi connectivity index (χ0v) is 11.7. The molecule has 1 aliphatic rings. The van der Waals surface area contributed by atoms with Crippen LogP contribution in [0, 0.1) is 11.3 Å². The maximum absolute atomic E-state index is 12.0. The van der Waals surface area contributed by atoms with Crippen LogP contribution in [-0.2, 0) is 9.84 Å². The maximum Gasteiger partial charge on any atom is 0.154 e. The Balaban J connectivity index is 2.86. The van der Waals surface area contributed by atoms with Gasteiger partial charge in [0.2, 0.25) is 0 Å². The van der Waals surface area contributed by atoms with Crippen LogP contribution in [0.3, 0.4) is 0 Å². The quantitative estimate of drug-likeness (QED) is 0.811. The van der Waals surface area contributed by atoms with Crippen molar-refractivity contribution in [3.63, 3.8) is 0 Å². The van der Waals surface area contributed by atoms with Crippen molar-refractivity contribution in [3.05, 3.63) is 0 Å². The average molecular weight is 247 g/mol. The molecular formula is C12H25NO2S. The summed E-state index contributed by atoms with van der Waals surface area (Å²) in [6, 6.07) is -0.163. The molecule has 2 N–H and O–H groups in total. The topological polar surface area (TPSA) is 60.2 Å². The molecule has 0 spiro atoms. The van der Waals surface area contributed by atoms with Crippen molar-refractivity contribution < 1.29 is 8.42 Å². The van der Waals surface area contributed by atoms with Crippen molar-refractivity contribution in [3.8, 4) is 0 Å². The predicted molar refractivity (Wildman–Crippen MR) is 68.0 cm³/mol. The lowest BCUT2D eigenvalue weighted by molar-refractivity contribution is 0.171. The molecule has 0 saturated heterocycles. The summed E-state index contributed by atoms with van der Waals surface area (Å²) in [5.41, 5.74) is 6.15. The summed E-state index contributed by atoms with van der Waals surface area (Å²) >= 11 is 0. The minimum atomic E-state index is -2.99. The zero-order chi connectivity index (χ0) is 12.6. The van der Waals surface area contributed by atoms with Crippen LogP contribution in [0.15, 0.2) is 0 Å². The molecule has 0 aliphatic heterocycles. The molecule has 0 bridgehead atoms. The van der Waals surface area contributed by atoms with E-state index in [-0.39, 0.29) is 22.5 Å². The summed E-state index contributed by atoms with van der Waals surface area (Å²) in [4.78, 5) is 0. The summed E-state index contributed by atoms with van der Waals surface area (Å²) < 4.78 is 23.9. The Morgan fingerprint density at radius 3 is 2.25 bits per heavy atom. The molecule has 1 saturated carbocycles. The smallest absolute Gasteiger partial charge is 0.154 e. The molecule has 0 radical (unpaired) electrons. The molecule has 3 atom stereocenters. The first-order valence-electron chi connectivity index (χ1n) is 6.15. The second-order valence-electron chi connectivity index (χ2n) is 6.03. The lowest BCUT2D eigenvalue weighted by Gasteiger charge is -2.40. The SMILES string of the molecule is CCS(=O)(=O)C1CC(C(C)(C)C)CCC1N. The van der Waals surface area contributed by atoms with E-state index in [9.17, 15) is 8.42 Å². The Labute approximate surface area is 99.7 Å². The Kier molecular flexibility index (Phi) is 4.06. The number of sulfone groups is 1. The standard InChI is InChI=1S/C12H25NO2S/c1-5-16(14,15)11-8-9(12(2,3)4)6-7-10(11)13/h9-11H,5-8,13H2,1-4H3. The van der Waals surface area contributed by atoms with E-state index >= 15 is 0 Å². The summed E-state index contributed by atoms with van der Waals surface area (Å²) in [7, 11) is -2.99. The summed E-state index contributed by atoms with van der Waals surface area (Å²) in [6.07, 6.45) is 2.63. The maximum atomic E-state index is 12.0. The molecule has 0 aromatic carbocycles. The highest BCUT2D eigenvalue weighted by molar-refractivity contribution is 7.92. The van der Waals surface area contributed by atoms with E-state index in [1.165, 1.54) is 0 Å². The van der Waals surface area contributed by atoms with Gasteiger partial charge in [0.05, 0.1) is 5.25 Å². The summed E-state index contributed by atoms with van der Waals surface area (Å²) in [5, 5.41) is -0.324. The lowest BCUT2D eigenvalue weighted by atomic mass is 9.71. The molecule has 1 rings (SSSR count). The average Bonchev–Trinajstić information content (AvgIpc) is 2.16. The number of rotatable bonds is 2. The fourth-order valence-corrected chi connectivity index (χ4v) is 4.19. The van der Waals surface area contributed by atoms with E-state index in [0.29, 0.717) is 5.92 Å². The van der Waals surface area contributed by atoms with Gasteiger partial charge in [0.1, 0.15) is 0 Å². The van der Waals surface area contributed by atoms with Gasteiger partial charge >= 0.3 is 0 Å². The minimum absolute atomic E-state index is 0.163. The van der Waals surface area contributed by atoms with Crippen LogP contribution in [0.2, 0.25) is 0 Å². The highest BCUT2D eigenvalue weighted by atomic mass is 32.2. The first kappa shape index (κ1) is 14.0. The van der Waals surface area contributed by atoms with Crippen LogP contribution in [0.4, 0.5) is 0 Å². The number of hydrogen-bond acceptors (Lipinski definition) is 3. The van der Waals surface area contributed by atoms with Gasteiger partial charge in [-0.05, 0) is 30.6 Å². The lowest BCUT2D eigenvalue weighted by Crippen LogP contribution is -2.47. The third-order valence-electron chi connectivity index (χ3n) is 3.93. The van der Waals surface area contributed by atoms with Gasteiger partial charge in [0, 0.05) is 11.8 Å². The first-order valence-corrected chi connectivity index (χ1v) is 7.87. The molecule has 0 aromatic rings. The number of hydrogen-bond donors (Lipinski definition) is 1. The molecular weight excluding hydrogens is 222 g/mol. The highest BCUT2D eigenvalue weighted by Gasteiger charge is 2.39. The summed E-state index contributed by atoms with van der Waals surface area (Å²) in [5.74, 6) is 0.681. The van der Waals surface area contributed by atoms with E-state index in [1.54, 1.807) is 6.92 Å². The van der Waals surface area contributed by atoms with Gasteiger partial charge < -0.3 is 5.73 Å². The fourth-order valence-electron chi connectivity index (χ4n) is 2.57. The Bertz CT molecular complexity index is 329. The van der Waals surface area contributed by atoms with E-state index in [2.05, 4.69) is 20.8 Å². The van der Waals surface area contributed by atoms with Crippen molar-refractivity contribution in [1.82, 2.24) is 0 Å². The molecule has 16 heavy (non-hydrogen) atoms. The van der Waals surface area contributed by atoms with E-state index in [1.807, 2.05) is 0 Å². The second kappa shape index (κ2) is 4.65. The van der Waals surface area contributed by atoms with E-state index in [4.69, 9.17) is 5.73 Å². The molecule has 3 nitrogen and oxygen atoms in total. The highest BCUT2D eigenvalue weighted by Crippen LogP contribution is 2.39. The largest absolute Gasteiger partial charge is 0.327 e. The van der Waals surface area contributed by atoms with Gasteiger partial charge in [-0.25, -0.2) is 8.42 Å². The molecule has 96 valence electrons. The van der Waals surface area contributed by atoms with Crippen molar-refractivity contribution in [2.24, 2.45) is 17.1 Å². The Morgan fingerprint density at radius 1 is 1.25 bits per heavy atom. The van der Waals surface area contributed by atoms with Crippen molar-refractivity contribution in [1.29, 1.82) is 0 Å². The van der Waals surface area contributed by atoms with Gasteiger partial charge in [0.15, 0.2) is 9.84 Å². The van der Waals surface area contributed by atoms with Crippen LogP contribution in [0.25, 0.3) is 0 Å². The van der Waals surface area contributed by atoms with Gasteiger partial charge in [-0.3, -0.25) is 0 Å². The van der Waals surface area contributed by atoms with Crippen LogP contribution in [0.1, 0.15) is 47.0 Å². The molecule has 1 fully saturated rings. The van der Waals surface area contributed by atoms with Gasteiger partial charge in [-0.2, -0.15) is 0 Å². The molecule has 4 heteroatoms. The van der Waals surface area contributed by atoms with Crippen molar-refractivity contribution >= 4 is 9.84 Å². The zero-order valence-electron chi connectivity index (χ0n) is 10.9. The normalized spacial score (nSPS) is 32.7. The minimum Gasteiger partial charge on any atom is -0.327 e.